The van der Waals surface area contributed by atoms with Crippen molar-refractivity contribution < 1.29 is 9.53 Å². The quantitative estimate of drug-likeness (QED) is 0.806. The van der Waals surface area contributed by atoms with Gasteiger partial charge in [-0.3, -0.25) is 4.79 Å². The molecule has 0 aliphatic rings. The van der Waals surface area contributed by atoms with Crippen molar-refractivity contribution in [2.75, 3.05) is 7.11 Å². The molecule has 0 aliphatic heterocycles. The summed E-state index contributed by atoms with van der Waals surface area (Å²) in [6.45, 7) is 1.96. The van der Waals surface area contributed by atoms with Crippen LogP contribution in [0.4, 0.5) is 0 Å². The maximum atomic E-state index is 12.4. The topological polar surface area (TPSA) is 56.1 Å². The van der Waals surface area contributed by atoms with E-state index in [9.17, 15) is 4.79 Å². The molecule has 2 aromatic carbocycles. The van der Waals surface area contributed by atoms with Crippen molar-refractivity contribution in [3.63, 3.8) is 0 Å². The molecular formula is C18H19N3O2. The highest BCUT2D eigenvalue weighted by atomic mass is 16.5. The van der Waals surface area contributed by atoms with Crippen LogP contribution in [0.25, 0.3) is 11.0 Å². The molecule has 1 atom stereocenters. The third-order valence-corrected chi connectivity index (χ3v) is 3.95. The van der Waals surface area contributed by atoms with E-state index in [1.54, 1.807) is 13.4 Å². The van der Waals surface area contributed by atoms with Crippen LogP contribution in [0.15, 0.2) is 48.8 Å². The number of rotatable bonds is 4. The standard InChI is InChI=1S/C18H19N3O2/c1-12(13-4-7-15(23-3)8-5-13)20-18(22)14-6-9-17-16(10-14)19-11-21(17)2/h4-12H,1-3H3,(H,20,22)/t12-/m1/s1. The molecule has 1 N–H and O–H groups in total. The lowest BCUT2D eigenvalue weighted by molar-refractivity contribution is 0.0940. The first-order chi connectivity index (χ1) is 11.1. The molecule has 0 fully saturated rings. The summed E-state index contributed by atoms with van der Waals surface area (Å²) < 4.78 is 7.07. The van der Waals surface area contributed by atoms with Gasteiger partial charge >= 0.3 is 0 Å². The number of nitrogens with zero attached hydrogens (tertiary/aromatic N) is 2. The average Bonchev–Trinajstić information content (AvgIpc) is 2.95. The summed E-state index contributed by atoms with van der Waals surface area (Å²) in [4.78, 5) is 16.7. The smallest absolute Gasteiger partial charge is 0.251 e. The van der Waals surface area contributed by atoms with Crippen LogP contribution in [0.1, 0.15) is 28.9 Å². The Hall–Kier alpha value is -2.82. The number of nitrogens with one attached hydrogen (secondary N) is 1. The summed E-state index contributed by atoms with van der Waals surface area (Å²) >= 11 is 0. The van der Waals surface area contributed by atoms with E-state index in [1.807, 2.05) is 61.0 Å². The van der Waals surface area contributed by atoms with E-state index >= 15 is 0 Å². The van der Waals surface area contributed by atoms with Crippen LogP contribution in [-0.2, 0) is 7.05 Å². The van der Waals surface area contributed by atoms with Crippen LogP contribution in [0.2, 0.25) is 0 Å². The summed E-state index contributed by atoms with van der Waals surface area (Å²) in [5, 5.41) is 3.01. The van der Waals surface area contributed by atoms with Gasteiger partial charge in [0.05, 0.1) is 30.5 Å². The number of hydrogen-bond donors (Lipinski definition) is 1. The van der Waals surface area contributed by atoms with Gasteiger partial charge < -0.3 is 14.6 Å². The summed E-state index contributed by atoms with van der Waals surface area (Å²) in [6.07, 6.45) is 1.74. The highest BCUT2D eigenvalue weighted by Gasteiger charge is 2.13. The molecule has 23 heavy (non-hydrogen) atoms. The van der Waals surface area contributed by atoms with Crippen LogP contribution in [0.3, 0.4) is 0 Å². The van der Waals surface area contributed by atoms with Gasteiger partial charge in [0.2, 0.25) is 0 Å². The molecule has 3 rings (SSSR count). The minimum atomic E-state index is -0.110. The number of amides is 1. The number of methoxy groups -OCH3 is 1. The molecule has 5 heteroatoms. The first-order valence-electron chi connectivity index (χ1n) is 7.44. The molecule has 1 heterocycles. The second-order valence-corrected chi connectivity index (χ2v) is 5.53. The van der Waals surface area contributed by atoms with Crippen molar-refractivity contribution in [3.05, 3.63) is 59.9 Å². The molecule has 0 saturated heterocycles. The molecule has 0 radical (unpaired) electrons. The van der Waals surface area contributed by atoms with Gasteiger partial charge in [0, 0.05) is 12.6 Å². The fourth-order valence-electron chi connectivity index (χ4n) is 2.53. The molecule has 1 amide bonds. The Kier molecular flexibility index (Phi) is 4.02. The van der Waals surface area contributed by atoms with E-state index in [4.69, 9.17) is 4.74 Å². The van der Waals surface area contributed by atoms with E-state index in [1.165, 1.54) is 0 Å². The molecule has 0 aliphatic carbocycles. The van der Waals surface area contributed by atoms with Crippen LogP contribution in [0, 0.1) is 0 Å². The molecule has 1 aromatic heterocycles. The third kappa shape index (κ3) is 3.04. The Labute approximate surface area is 134 Å². The first-order valence-corrected chi connectivity index (χ1v) is 7.44. The number of benzene rings is 2. The van der Waals surface area contributed by atoms with E-state index in [0.29, 0.717) is 5.56 Å². The van der Waals surface area contributed by atoms with Crippen molar-refractivity contribution in [2.24, 2.45) is 7.05 Å². The van der Waals surface area contributed by atoms with Crippen LogP contribution in [-0.4, -0.2) is 22.6 Å². The Morgan fingerprint density at radius 2 is 1.96 bits per heavy atom. The lowest BCUT2D eigenvalue weighted by atomic mass is 10.1. The predicted molar refractivity (Wildman–Crippen MR) is 89.6 cm³/mol. The lowest BCUT2D eigenvalue weighted by Gasteiger charge is -2.15. The average molecular weight is 309 g/mol. The fourth-order valence-corrected chi connectivity index (χ4v) is 2.53. The van der Waals surface area contributed by atoms with Crippen molar-refractivity contribution in [2.45, 2.75) is 13.0 Å². The van der Waals surface area contributed by atoms with Crippen LogP contribution < -0.4 is 10.1 Å². The van der Waals surface area contributed by atoms with Crippen LogP contribution in [0.5, 0.6) is 5.75 Å². The Morgan fingerprint density at radius 1 is 1.22 bits per heavy atom. The van der Waals surface area contributed by atoms with E-state index in [0.717, 1.165) is 22.3 Å². The van der Waals surface area contributed by atoms with Crippen molar-refractivity contribution in [1.29, 1.82) is 0 Å². The second kappa shape index (κ2) is 6.12. The van der Waals surface area contributed by atoms with Gasteiger partial charge in [-0.05, 0) is 42.8 Å². The van der Waals surface area contributed by atoms with Gasteiger partial charge in [-0.25, -0.2) is 4.98 Å². The number of ether oxygens (including phenoxy) is 1. The number of imidazole rings is 1. The second-order valence-electron chi connectivity index (χ2n) is 5.53. The summed E-state index contributed by atoms with van der Waals surface area (Å²) in [7, 11) is 3.56. The van der Waals surface area contributed by atoms with Gasteiger partial charge in [-0.15, -0.1) is 0 Å². The van der Waals surface area contributed by atoms with Gasteiger partial charge in [-0.2, -0.15) is 0 Å². The zero-order chi connectivity index (χ0) is 16.4. The molecular weight excluding hydrogens is 290 g/mol. The van der Waals surface area contributed by atoms with E-state index < -0.39 is 0 Å². The fraction of sp³-hybridized carbons (Fsp3) is 0.222. The highest BCUT2D eigenvalue weighted by Crippen LogP contribution is 2.19. The minimum absolute atomic E-state index is 0.0900. The molecule has 0 unspecified atom stereocenters. The Bertz CT molecular complexity index is 837. The Balaban J connectivity index is 1.76. The Morgan fingerprint density at radius 3 is 2.65 bits per heavy atom. The largest absolute Gasteiger partial charge is 0.497 e. The summed E-state index contributed by atoms with van der Waals surface area (Å²) in [6, 6.07) is 13.1. The van der Waals surface area contributed by atoms with E-state index in [-0.39, 0.29) is 11.9 Å². The third-order valence-electron chi connectivity index (χ3n) is 3.95. The minimum Gasteiger partial charge on any atom is -0.497 e. The number of aromatic nitrogens is 2. The maximum absolute atomic E-state index is 12.4. The molecule has 0 bridgehead atoms. The van der Waals surface area contributed by atoms with Crippen LogP contribution >= 0.6 is 0 Å². The maximum Gasteiger partial charge on any atom is 0.251 e. The van der Waals surface area contributed by atoms with Gasteiger partial charge in [0.25, 0.3) is 5.91 Å². The highest BCUT2D eigenvalue weighted by molar-refractivity contribution is 5.97. The molecule has 0 spiro atoms. The van der Waals surface area contributed by atoms with Crippen molar-refractivity contribution in [1.82, 2.24) is 14.9 Å². The normalized spacial score (nSPS) is 12.1. The van der Waals surface area contributed by atoms with E-state index in [2.05, 4.69) is 10.3 Å². The SMILES string of the molecule is COc1ccc([C@@H](C)NC(=O)c2ccc3c(c2)ncn3C)cc1. The molecule has 3 aromatic rings. The number of carbonyl (C=O) groups is 1. The van der Waals surface area contributed by atoms with Crippen molar-refractivity contribution in [3.8, 4) is 5.75 Å². The first kappa shape index (κ1) is 15.1. The monoisotopic (exact) mass is 309 g/mol. The zero-order valence-electron chi connectivity index (χ0n) is 13.4. The zero-order valence-corrected chi connectivity index (χ0v) is 13.4. The molecule has 118 valence electrons. The summed E-state index contributed by atoms with van der Waals surface area (Å²) in [5.41, 5.74) is 3.46. The lowest BCUT2D eigenvalue weighted by Crippen LogP contribution is -2.26. The van der Waals surface area contributed by atoms with Gasteiger partial charge in [0.1, 0.15) is 5.75 Å². The number of aryl methyl sites for hydroxylation is 1. The predicted octanol–water partition coefficient (Wildman–Crippen LogP) is 3.07. The molecule has 0 saturated carbocycles. The summed E-state index contributed by atoms with van der Waals surface area (Å²) in [5.74, 6) is 0.689. The van der Waals surface area contributed by atoms with Gasteiger partial charge in [0.15, 0.2) is 0 Å². The van der Waals surface area contributed by atoms with Gasteiger partial charge in [-0.1, -0.05) is 12.1 Å². The number of carbonyl (C=O) groups excluding carboxylic acids is 1. The number of fused-ring (bicyclic) bond motifs is 1. The molecule has 5 nitrogen and oxygen atoms in total. The van der Waals surface area contributed by atoms with Crippen molar-refractivity contribution >= 4 is 16.9 Å². The number of hydrogen-bond acceptors (Lipinski definition) is 3.